The Balaban J connectivity index is 1.88. The molecule has 25 heavy (non-hydrogen) atoms. The Kier molecular flexibility index (Phi) is 4.74. The minimum absolute atomic E-state index is 0.132. The van der Waals surface area contributed by atoms with Crippen LogP contribution in [-0.2, 0) is 9.59 Å². The van der Waals surface area contributed by atoms with E-state index in [9.17, 15) is 9.59 Å². The molecular formula is C20H22N2O3. The number of aryl methyl sites for hydroxylation is 2. The van der Waals surface area contributed by atoms with Crippen LogP contribution in [0.5, 0.6) is 5.75 Å². The number of amides is 2. The van der Waals surface area contributed by atoms with Crippen molar-refractivity contribution in [1.82, 2.24) is 0 Å². The molecule has 0 aromatic heterocycles. The normalized spacial score (nSPS) is 17.1. The molecule has 1 aliphatic heterocycles. The van der Waals surface area contributed by atoms with Gasteiger partial charge < -0.3 is 10.1 Å². The maximum atomic E-state index is 12.9. The molecule has 1 aliphatic rings. The number of nitrogens with one attached hydrogen (secondary N) is 1. The fourth-order valence-corrected chi connectivity index (χ4v) is 3.19. The van der Waals surface area contributed by atoms with Crippen molar-refractivity contribution >= 4 is 23.2 Å². The molecule has 0 saturated carbocycles. The molecule has 1 saturated heterocycles. The first-order valence-corrected chi connectivity index (χ1v) is 8.44. The van der Waals surface area contributed by atoms with Gasteiger partial charge in [0, 0.05) is 0 Å². The molecule has 1 N–H and O–H groups in total. The van der Waals surface area contributed by atoms with E-state index in [-0.39, 0.29) is 18.2 Å². The average Bonchev–Trinajstić information content (AvgIpc) is 2.84. The molecule has 1 heterocycles. The zero-order chi connectivity index (χ0) is 18.0. The summed E-state index contributed by atoms with van der Waals surface area (Å²) in [6, 6.07) is 12.6. The molecule has 1 atom stereocenters. The van der Waals surface area contributed by atoms with Crippen molar-refractivity contribution in [1.29, 1.82) is 0 Å². The molecular weight excluding hydrogens is 316 g/mol. The lowest BCUT2D eigenvalue weighted by Gasteiger charge is -2.20. The van der Waals surface area contributed by atoms with E-state index >= 15 is 0 Å². The van der Waals surface area contributed by atoms with E-state index in [0.29, 0.717) is 18.0 Å². The number of nitrogens with zero attached hydrogens (tertiary/aromatic N) is 1. The SMILES string of the molecule is CCOc1ccccc1NC1CC(=O)N(c2c(C)cccc2C)C1=O. The number of anilines is 2. The number of ether oxygens (including phenoxy) is 1. The number of hydrogen-bond donors (Lipinski definition) is 1. The van der Waals surface area contributed by atoms with Crippen molar-refractivity contribution in [3.63, 3.8) is 0 Å². The molecule has 1 unspecified atom stereocenters. The van der Waals surface area contributed by atoms with Crippen LogP contribution in [0.15, 0.2) is 42.5 Å². The van der Waals surface area contributed by atoms with Crippen molar-refractivity contribution < 1.29 is 14.3 Å². The van der Waals surface area contributed by atoms with Crippen LogP contribution < -0.4 is 15.0 Å². The smallest absolute Gasteiger partial charge is 0.256 e. The second-order valence-electron chi connectivity index (χ2n) is 6.14. The Morgan fingerprint density at radius 3 is 2.44 bits per heavy atom. The lowest BCUT2D eigenvalue weighted by molar-refractivity contribution is -0.121. The van der Waals surface area contributed by atoms with Crippen molar-refractivity contribution in [2.45, 2.75) is 33.2 Å². The van der Waals surface area contributed by atoms with Crippen molar-refractivity contribution in [3.05, 3.63) is 53.6 Å². The second-order valence-corrected chi connectivity index (χ2v) is 6.14. The first-order chi connectivity index (χ1) is 12.0. The van der Waals surface area contributed by atoms with Crippen LogP contribution in [0.3, 0.4) is 0 Å². The van der Waals surface area contributed by atoms with Crippen LogP contribution in [-0.4, -0.2) is 24.5 Å². The van der Waals surface area contributed by atoms with Crippen LogP contribution >= 0.6 is 0 Å². The van der Waals surface area contributed by atoms with Gasteiger partial charge in [0.1, 0.15) is 11.8 Å². The summed E-state index contributed by atoms with van der Waals surface area (Å²) in [4.78, 5) is 26.7. The third kappa shape index (κ3) is 3.22. The van der Waals surface area contributed by atoms with Crippen LogP contribution in [0, 0.1) is 13.8 Å². The monoisotopic (exact) mass is 338 g/mol. The van der Waals surface area contributed by atoms with Gasteiger partial charge in [-0.1, -0.05) is 30.3 Å². The first kappa shape index (κ1) is 17.0. The molecule has 0 bridgehead atoms. The van der Waals surface area contributed by atoms with Gasteiger partial charge in [-0.3, -0.25) is 9.59 Å². The van der Waals surface area contributed by atoms with Crippen molar-refractivity contribution in [3.8, 4) is 5.75 Å². The summed E-state index contributed by atoms with van der Waals surface area (Å²) in [5.41, 5.74) is 3.24. The Morgan fingerprint density at radius 2 is 1.76 bits per heavy atom. The van der Waals surface area contributed by atoms with Gasteiger partial charge in [-0.25, -0.2) is 4.90 Å². The fourth-order valence-electron chi connectivity index (χ4n) is 3.19. The summed E-state index contributed by atoms with van der Waals surface area (Å²) < 4.78 is 5.59. The van der Waals surface area contributed by atoms with Gasteiger partial charge in [-0.2, -0.15) is 0 Å². The highest BCUT2D eigenvalue weighted by atomic mass is 16.5. The Morgan fingerprint density at radius 1 is 1.08 bits per heavy atom. The number of rotatable bonds is 5. The summed E-state index contributed by atoms with van der Waals surface area (Å²) in [5.74, 6) is 0.262. The molecule has 5 nitrogen and oxygen atoms in total. The molecule has 3 rings (SSSR count). The Bertz CT molecular complexity index is 796. The van der Waals surface area contributed by atoms with E-state index < -0.39 is 6.04 Å². The number of benzene rings is 2. The maximum Gasteiger partial charge on any atom is 0.256 e. The van der Waals surface area contributed by atoms with Gasteiger partial charge in [0.05, 0.1) is 24.4 Å². The molecule has 0 aliphatic carbocycles. The summed E-state index contributed by atoms with van der Waals surface area (Å²) in [6.07, 6.45) is 0.132. The predicted molar refractivity (Wildman–Crippen MR) is 98.0 cm³/mol. The Labute approximate surface area is 147 Å². The Hall–Kier alpha value is -2.82. The highest BCUT2D eigenvalue weighted by Crippen LogP contribution is 2.32. The van der Waals surface area contributed by atoms with Crippen molar-refractivity contribution in [2.24, 2.45) is 0 Å². The molecule has 0 radical (unpaired) electrons. The first-order valence-electron chi connectivity index (χ1n) is 8.44. The number of carbonyl (C=O) groups excluding carboxylic acids is 2. The van der Waals surface area contributed by atoms with E-state index in [1.807, 2.05) is 63.2 Å². The quantitative estimate of drug-likeness (QED) is 0.849. The maximum absolute atomic E-state index is 12.9. The summed E-state index contributed by atoms with van der Waals surface area (Å²) >= 11 is 0. The summed E-state index contributed by atoms with van der Waals surface area (Å²) in [7, 11) is 0. The lowest BCUT2D eigenvalue weighted by Crippen LogP contribution is -2.35. The van der Waals surface area contributed by atoms with E-state index in [2.05, 4.69) is 5.32 Å². The zero-order valence-corrected chi connectivity index (χ0v) is 14.7. The van der Waals surface area contributed by atoms with E-state index in [1.54, 1.807) is 0 Å². The number of carbonyl (C=O) groups is 2. The highest BCUT2D eigenvalue weighted by Gasteiger charge is 2.40. The van der Waals surface area contributed by atoms with E-state index in [4.69, 9.17) is 4.74 Å². The largest absolute Gasteiger partial charge is 0.492 e. The summed E-state index contributed by atoms with van der Waals surface area (Å²) in [5, 5.41) is 3.18. The van der Waals surface area contributed by atoms with Gasteiger partial charge in [0.25, 0.3) is 5.91 Å². The van der Waals surface area contributed by atoms with Crippen LogP contribution in [0.2, 0.25) is 0 Å². The minimum atomic E-state index is -0.590. The van der Waals surface area contributed by atoms with Crippen LogP contribution in [0.25, 0.3) is 0 Å². The average molecular weight is 338 g/mol. The van der Waals surface area contributed by atoms with Gasteiger partial charge in [0.2, 0.25) is 5.91 Å². The third-order valence-electron chi connectivity index (χ3n) is 4.33. The molecule has 1 fully saturated rings. The van der Waals surface area contributed by atoms with E-state index in [1.165, 1.54) is 4.90 Å². The second kappa shape index (κ2) is 6.97. The van der Waals surface area contributed by atoms with Crippen LogP contribution in [0.4, 0.5) is 11.4 Å². The molecule has 2 amide bonds. The molecule has 2 aromatic carbocycles. The molecule has 130 valence electrons. The van der Waals surface area contributed by atoms with Crippen molar-refractivity contribution in [2.75, 3.05) is 16.8 Å². The van der Waals surface area contributed by atoms with Gasteiger partial charge in [-0.05, 0) is 44.0 Å². The van der Waals surface area contributed by atoms with Gasteiger partial charge >= 0.3 is 0 Å². The predicted octanol–water partition coefficient (Wildman–Crippen LogP) is 3.45. The molecule has 0 spiro atoms. The summed E-state index contributed by atoms with van der Waals surface area (Å²) in [6.45, 7) is 6.26. The van der Waals surface area contributed by atoms with E-state index in [0.717, 1.165) is 16.8 Å². The third-order valence-corrected chi connectivity index (χ3v) is 4.33. The van der Waals surface area contributed by atoms with Gasteiger partial charge in [-0.15, -0.1) is 0 Å². The fraction of sp³-hybridized carbons (Fsp3) is 0.300. The molecule has 2 aromatic rings. The highest BCUT2D eigenvalue weighted by molar-refractivity contribution is 6.23. The standard InChI is InChI=1S/C20H22N2O3/c1-4-25-17-11-6-5-10-15(17)21-16-12-18(23)22(20(16)24)19-13(2)8-7-9-14(19)3/h5-11,16,21H,4,12H2,1-3H3. The lowest BCUT2D eigenvalue weighted by atomic mass is 10.1. The van der Waals surface area contributed by atoms with Gasteiger partial charge in [0.15, 0.2) is 0 Å². The number of hydrogen-bond acceptors (Lipinski definition) is 4. The minimum Gasteiger partial charge on any atom is -0.492 e. The molecule has 5 heteroatoms. The topological polar surface area (TPSA) is 58.6 Å². The zero-order valence-electron chi connectivity index (χ0n) is 14.7. The number of imide groups is 1. The van der Waals surface area contributed by atoms with Crippen LogP contribution in [0.1, 0.15) is 24.5 Å². The number of para-hydroxylation sites is 3.